The summed E-state index contributed by atoms with van der Waals surface area (Å²) in [6.07, 6.45) is 7.44. The van der Waals surface area contributed by atoms with E-state index in [0.29, 0.717) is 0 Å². The van der Waals surface area contributed by atoms with Crippen LogP contribution < -0.4 is 5.73 Å². The first-order valence-electron chi connectivity index (χ1n) is 9.07. The molecule has 0 aliphatic rings. The lowest BCUT2D eigenvalue weighted by Crippen LogP contribution is -2.12. The third-order valence-electron chi connectivity index (χ3n) is 4.96. The maximum Gasteiger partial charge on any atom is 0.140 e. The average Bonchev–Trinajstić information content (AvgIpc) is 3.24. The van der Waals surface area contributed by atoms with Gasteiger partial charge in [0.1, 0.15) is 5.82 Å². The number of pyridine rings is 1. The van der Waals surface area contributed by atoms with Crippen molar-refractivity contribution in [2.45, 2.75) is 19.0 Å². The van der Waals surface area contributed by atoms with Crippen LogP contribution in [-0.4, -0.2) is 14.5 Å². The summed E-state index contributed by atoms with van der Waals surface area (Å²) in [6, 6.07) is 22.7. The number of rotatable bonds is 5. The van der Waals surface area contributed by atoms with Crippen LogP contribution in [0.5, 0.6) is 0 Å². The van der Waals surface area contributed by atoms with Gasteiger partial charge in [0.05, 0.1) is 12.1 Å². The molecule has 2 atom stereocenters. The highest BCUT2D eigenvalue weighted by atomic mass is 15.1. The molecule has 0 saturated heterocycles. The Labute approximate surface area is 159 Å². The maximum atomic E-state index is 6.42. The van der Waals surface area contributed by atoms with Crippen molar-refractivity contribution in [2.75, 3.05) is 0 Å². The Morgan fingerprint density at radius 1 is 0.778 bits per heavy atom. The van der Waals surface area contributed by atoms with Crippen LogP contribution in [0.1, 0.15) is 35.7 Å². The summed E-state index contributed by atoms with van der Waals surface area (Å²) < 4.78 is 2.18. The van der Waals surface area contributed by atoms with Crippen LogP contribution in [0.25, 0.3) is 11.4 Å². The zero-order valence-corrected chi connectivity index (χ0v) is 15.2. The topological polar surface area (TPSA) is 56.7 Å². The van der Waals surface area contributed by atoms with Gasteiger partial charge in [0.25, 0.3) is 0 Å². The molecule has 0 aliphatic heterocycles. The second-order valence-corrected chi connectivity index (χ2v) is 6.63. The van der Waals surface area contributed by atoms with E-state index >= 15 is 0 Å². The minimum absolute atomic E-state index is 0.115. The molecule has 0 radical (unpaired) electrons. The number of benzene rings is 2. The summed E-state index contributed by atoms with van der Waals surface area (Å²) in [4.78, 5) is 8.62. The zero-order chi connectivity index (χ0) is 18.6. The number of imidazole rings is 1. The van der Waals surface area contributed by atoms with Crippen molar-refractivity contribution >= 4 is 0 Å². The molecule has 0 amide bonds. The molecule has 27 heavy (non-hydrogen) atoms. The molecule has 4 heteroatoms. The van der Waals surface area contributed by atoms with Crippen molar-refractivity contribution in [3.8, 4) is 11.4 Å². The van der Waals surface area contributed by atoms with Gasteiger partial charge in [-0.25, -0.2) is 4.98 Å². The Morgan fingerprint density at radius 2 is 1.41 bits per heavy atom. The molecule has 2 unspecified atom stereocenters. The zero-order valence-electron chi connectivity index (χ0n) is 15.2. The molecule has 2 heterocycles. The molecule has 2 aromatic heterocycles. The Balaban J connectivity index is 1.59. The number of hydrogen-bond acceptors (Lipinski definition) is 3. The summed E-state index contributed by atoms with van der Waals surface area (Å²) in [7, 11) is 0. The minimum atomic E-state index is -0.115. The van der Waals surface area contributed by atoms with Gasteiger partial charge >= 0.3 is 0 Å². The van der Waals surface area contributed by atoms with Gasteiger partial charge in [0.2, 0.25) is 0 Å². The fraction of sp³-hybridized carbons (Fsp3) is 0.130. The molecule has 0 saturated carbocycles. The lowest BCUT2D eigenvalue weighted by atomic mass is 9.97. The van der Waals surface area contributed by atoms with E-state index in [-0.39, 0.29) is 12.1 Å². The molecule has 4 aromatic rings. The quantitative estimate of drug-likeness (QED) is 0.570. The van der Waals surface area contributed by atoms with E-state index in [1.54, 1.807) is 12.4 Å². The van der Waals surface area contributed by atoms with Crippen molar-refractivity contribution in [1.82, 2.24) is 14.5 Å². The lowest BCUT2D eigenvalue weighted by Gasteiger charge is -2.19. The first kappa shape index (κ1) is 17.2. The molecule has 0 bridgehead atoms. The van der Waals surface area contributed by atoms with Crippen LogP contribution in [0.15, 0.2) is 91.5 Å². The van der Waals surface area contributed by atoms with E-state index < -0.39 is 0 Å². The Kier molecular flexibility index (Phi) is 4.81. The van der Waals surface area contributed by atoms with Crippen LogP contribution in [0.3, 0.4) is 0 Å². The van der Waals surface area contributed by atoms with Crippen molar-refractivity contribution in [1.29, 1.82) is 0 Å². The number of nitrogens with zero attached hydrogens (tertiary/aromatic N) is 3. The smallest absolute Gasteiger partial charge is 0.140 e. The molecule has 0 spiro atoms. The van der Waals surface area contributed by atoms with Crippen LogP contribution in [0.2, 0.25) is 0 Å². The predicted octanol–water partition coefficient (Wildman–Crippen LogP) is 4.60. The van der Waals surface area contributed by atoms with Crippen LogP contribution >= 0.6 is 0 Å². The lowest BCUT2D eigenvalue weighted by molar-refractivity contribution is 0.645. The molecule has 2 aromatic carbocycles. The van der Waals surface area contributed by atoms with E-state index in [4.69, 9.17) is 5.73 Å². The predicted molar refractivity (Wildman–Crippen MR) is 108 cm³/mol. The van der Waals surface area contributed by atoms with E-state index in [1.807, 2.05) is 42.7 Å². The fourth-order valence-corrected chi connectivity index (χ4v) is 3.35. The summed E-state index contributed by atoms with van der Waals surface area (Å²) in [5, 5.41) is 0. The Hall–Kier alpha value is -3.24. The second kappa shape index (κ2) is 7.56. The number of hydrogen-bond donors (Lipinski definition) is 1. The first-order valence-corrected chi connectivity index (χ1v) is 9.07. The molecule has 134 valence electrons. The third-order valence-corrected chi connectivity index (χ3v) is 4.96. The van der Waals surface area contributed by atoms with Crippen molar-refractivity contribution in [2.24, 2.45) is 5.73 Å². The van der Waals surface area contributed by atoms with Crippen LogP contribution in [-0.2, 0) is 0 Å². The van der Waals surface area contributed by atoms with Gasteiger partial charge in [-0.2, -0.15) is 0 Å². The molecular weight excluding hydrogens is 332 g/mol. The number of aromatic nitrogens is 3. The van der Waals surface area contributed by atoms with Gasteiger partial charge < -0.3 is 10.3 Å². The van der Waals surface area contributed by atoms with Gasteiger partial charge in [0.15, 0.2) is 0 Å². The molecular formula is C23H22N4. The molecule has 2 N–H and O–H groups in total. The van der Waals surface area contributed by atoms with Gasteiger partial charge in [0, 0.05) is 30.4 Å². The normalized spacial score (nSPS) is 13.3. The Bertz CT molecular complexity index is 992. The second-order valence-electron chi connectivity index (χ2n) is 6.63. The molecule has 0 fully saturated rings. The van der Waals surface area contributed by atoms with E-state index in [0.717, 1.165) is 22.5 Å². The molecule has 0 aliphatic carbocycles. The number of nitrogens with two attached hydrogens (primary N) is 1. The summed E-state index contributed by atoms with van der Waals surface area (Å²) in [5.74, 6) is 0.940. The van der Waals surface area contributed by atoms with E-state index in [2.05, 4.69) is 57.9 Å². The van der Waals surface area contributed by atoms with Crippen molar-refractivity contribution in [3.63, 3.8) is 0 Å². The SMILES string of the molecule is CC(c1ccc(C(N)c2ccccc2)cc1)n1ccnc1-c1ccncc1. The highest BCUT2D eigenvalue weighted by Crippen LogP contribution is 2.27. The summed E-state index contributed by atoms with van der Waals surface area (Å²) in [5.41, 5.74) is 10.9. The Morgan fingerprint density at radius 3 is 2.11 bits per heavy atom. The third kappa shape index (κ3) is 3.52. The molecule has 4 rings (SSSR count). The largest absolute Gasteiger partial charge is 0.324 e. The van der Waals surface area contributed by atoms with Crippen LogP contribution in [0.4, 0.5) is 0 Å². The average molecular weight is 354 g/mol. The first-order chi connectivity index (χ1) is 13.2. The monoisotopic (exact) mass is 354 g/mol. The standard InChI is InChI=1S/C23H22N4/c1-17(27-16-15-26-23(27)21-11-13-25-14-12-21)18-7-9-20(10-8-18)22(24)19-5-3-2-4-6-19/h2-17,22H,24H2,1H3. The molecule has 4 nitrogen and oxygen atoms in total. The highest BCUT2D eigenvalue weighted by molar-refractivity contribution is 5.55. The van der Waals surface area contributed by atoms with Gasteiger partial charge in [-0.05, 0) is 35.7 Å². The minimum Gasteiger partial charge on any atom is -0.324 e. The van der Waals surface area contributed by atoms with Gasteiger partial charge in [-0.3, -0.25) is 4.98 Å². The van der Waals surface area contributed by atoms with E-state index in [9.17, 15) is 0 Å². The fourth-order valence-electron chi connectivity index (χ4n) is 3.35. The summed E-state index contributed by atoms with van der Waals surface area (Å²) >= 11 is 0. The van der Waals surface area contributed by atoms with Gasteiger partial charge in [-0.15, -0.1) is 0 Å². The maximum absolute atomic E-state index is 6.42. The van der Waals surface area contributed by atoms with Gasteiger partial charge in [-0.1, -0.05) is 54.6 Å². The van der Waals surface area contributed by atoms with E-state index in [1.165, 1.54) is 5.56 Å². The van der Waals surface area contributed by atoms with Crippen molar-refractivity contribution < 1.29 is 0 Å². The van der Waals surface area contributed by atoms with Crippen LogP contribution in [0, 0.1) is 0 Å². The van der Waals surface area contributed by atoms with Crippen molar-refractivity contribution in [3.05, 3.63) is 108 Å². The summed E-state index contributed by atoms with van der Waals surface area (Å²) in [6.45, 7) is 2.18. The highest BCUT2D eigenvalue weighted by Gasteiger charge is 2.14.